The average Bonchev–Trinajstić information content (AvgIpc) is 2.92. The molecule has 5 nitrogen and oxygen atoms in total. The van der Waals surface area contributed by atoms with E-state index in [1.807, 2.05) is 30.0 Å². The summed E-state index contributed by atoms with van der Waals surface area (Å²) >= 11 is 0. The summed E-state index contributed by atoms with van der Waals surface area (Å²) < 4.78 is 0. The molecule has 1 saturated carbocycles. The summed E-state index contributed by atoms with van der Waals surface area (Å²) in [5, 5.41) is 7.97. The Morgan fingerprint density at radius 2 is 2.14 bits per heavy atom. The number of H-pyrrole nitrogens is 1. The highest BCUT2D eigenvalue weighted by molar-refractivity contribution is 6.05. The summed E-state index contributed by atoms with van der Waals surface area (Å²) in [5.74, 6) is 0.0150. The number of anilines is 1. The van der Waals surface area contributed by atoms with Crippen molar-refractivity contribution in [2.75, 3.05) is 12.3 Å². The molecular formula is C16H22N4O. The Bertz CT molecular complexity index is 643. The van der Waals surface area contributed by atoms with Crippen LogP contribution in [0.5, 0.6) is 0 Å². The van der Waals surface area contributed by atoms with Gasteiger partial charge in [-0.3, -0.25) is 9.89 Å². The van der Waals surface area contributed by atoms with Crippen LogP contribution in [0.1, 0.15) is 49.5 Å². The van der Waals surface area contributed by atoms with Crippen LogP contribution in [0.4, 0.5) is 5.69 Å². The van der Waals surface area contributed by atoms with E-state index in [1.54, 1.807) is 0 Å². The van der Waals surface area contributed by atoms with Gasteiger partial charge in [-0.15, -0.1) is 0 Å². The third-order valence-electron chi connectivity index (χ3n) is 4.41. The molecule has 0 spiro atoms. The van der Waals surface area contributed by atoms with Crippen LogP contribution in [0.25, 0.3) is 10.9 Å². The Morgan fingerprint density at radius 1 is 1.38 bits per heavy atom. The number of carbonyl (C=O) groups excluding carboxylic acids is 1. The van der Waals surface area contributed by atoms with Gasteiger partial charge in [0.15, 0.2) is 5.69 Å². The third-order valence-corrected chi connectivity index (χ3v) is 4.41. The molecule has 1 heterocycles. The SMILES string of the molecule is CCN(C(=O)c1n[nH]c2ccc(N)cc12)C1CCCCC1. The van der Waals surface area contributed by atoms with Gasteiger partial charge < -0.3 is 10.6 Å². The highest BCUT2D eigenvalue weighted by Gasteiger charge is 2.27. The molecule has 0 radical (unpaired) electrons. The van der Waals surface area contributed by atoms with E-state index in [0.29, 0.717) is 17.4 Å². The molecule has 1 aromatic heterocycles. The third kappa shape index (κ3) is 2.60. The number of fused-ring (bicyclic) bond motifs is 1. The number of nitrogens with one attached hydrogen (secondary N) is 1. The summed E-state index contributed by atoms with van der Waals surface area (Å²) in [7, 11) is 0. The number of benzene rings is 1. The van der Waals surface area contributed by atoms with Gasteiger partial charge in [-0.2, -0.15) is 5.10 Å². The number of nitrogens with two attached hydrogens (primary N) is 1. The lowest BCUT2D eigenvalue weighted by atomic mass is 9.94. The van der Waals surface area contributed by atoms with E-state index in [2.05, 4.69) is 10.2 Å². The number of amides is 1. The van der Waals surface area contributed by atoms with Gasteiger partial charge in [-0.1, -0.05) is 19.3 Å². The molecule has 0 bridgehead atoms. The molecule has 3 rings (SSSR count). The van der Waals surface area contributed by atoms with Crippen molar-refractivity contribution in [3.8, 4) is 0 Å². The van der Waals surface area contributed by atoms with E-state index in [4.69, 9.17) is 5.73 Å². The van der Waals surface area contributed by atoms with Gasteiger partial charge in [0.2, 0.25) is 0 Å². The van der Waals surface area contributed by atoms with Crippen molar-refractivity contribution < 1.29 is 4.79 Å². The Balaban J connectivity index is 1.92. The fourth-order valence-corrected chi connectivity index (χ4v) is 3.29. The molecule has 1 aliphatic rings. The predicted octanol–water partition coefficient (Wildman–Crippen LogP) is 2.94. The smallest absolute Gasteiger partial charge is 0.275 e. The summed E-state index contributed by atoms with van der Waals surface area (Å²) in [6, 6.07) is 5.85. The second-order valence-electron chi connectivity index (χ2n) is 5.76. The van der Waals surface area contributed by atoms with Crippen LogP contribution in [0, 0.1) is 0 Å². The minimum Gasteiger partial charge on any atom is -0.399 e. The van der Waals surface area contributed by atoms with Gasteiger partial charge in [0.05, 0.1) is 5.52 Å². The number of hydrogen-bond donors (Lipinski definition) is 2. The lowest BCUT2D eigenvalue weighted by Gasteiger charge is -2.33. The van der Waals surface area contributed by atoms with Gasteiger partial charge in [-0.05, 0) is 38.0 Å². The Labute approximate surface area is 124 Å². The second kappa shape index (κ2) is 5.76. The van der Waals surface area contributed by atoms with Crippen molar-refractivity contribution in [3.05, 3.63) is 23.9 Å². The molecular weight excluding hydrogens is 264 g/mol. The highest BCUT2D eigenvalue weighted by Crippen LogP contribution is 2.26. The van der Waals surface area contributed by atoms with Gasteiger partial charge in [0, 0.05) is 23.7 Å². The molecule has 1 aromatic carbocycles. The minimum atomic E-state index is 0.0150. The summed E-state index contributed by atoms with van der Waals surface area (Å²) in [5.41, 5.74) is 7.83. The van der Waals surface area contributed by atoms with Crippen molar-refractivity contribution in [3.63, 3.8) is 0 Å². The summed E-state index contributed by atoms with van der Waals surface area (Å²) in [4.78, 5) is 14.8. The number of carbonyl (C=O) groups is 1. The molecule has 5 heteroatoms. The first kappa shape index (κ1) is 13.9. The van der Waals surface area contributed by atoms with E-state index in [1.165, 1.54) is 19.3 Å². The van der Waals surface area contributed by atoms with Crippen LogP contribution in [0.15, 0.2) is 18.2 Å². The first-order chi connectivity index (χ1) is 10.2. The fraction of sp³-hybridized carbons (Fsp3) is 0.500. The van der Waals surface area contributed by atoms with E-state index in [9.17, 15) is 4.79 Å². The zero-order valence-electron chi connectivity index (χ0n) is 12.4. The molecule has 0 aliphatic heterocycles. The quantitative estimate of drug-likeness (QED) is 0.852. The Kier molecular flexibility index (Phi) is 3.82. The number of aromatic amines is 1. The molecule has 0 atom stereocenters. The molecule has 0 unspecified atom stereocenters. The molecule has 0 saturated heterocycles. The minimum absolute atomic E-state index is 0.0150. The number of rotatable bonds is 3. The molecule has 3 N–H and O–H groups in total. The van der Waals surface area contributed by atoms with Crippen molar-refractivity contribution in [2.45, 2.75) is 45.1 Å². The largest absolute Gasteiger partial charge is 0.399 e. The maximum atomic E-state index is 12.9. The molecule has 1 aliphatic carbocycles. The maximum absolute atomic E-state index is 12.9. The number of hydrogen-bond acceptors (Lipinski definition) is 3. The standard InChI is InChI=1S/C16H22N4O/c1-2-20(12-6-4-3-5-7-12)16(21)15-13-10-11(17)8-9-14(13)18-19-15/h8-10,12H,2-7,17H2,1H3,(H,18,19). The van der Waals surface area contributed by atoms with E-state index >= 15 is 0 Å². The van der Waals surface area contributed by atoms with Crippen LogP contribution in [-0.4, -0.2) is 33.6 Å². The number of nitrogens with zero attached hydrogens (tertiary/aromatic N) is 2. The fourth-order valence-electron chi connectivity index (χ4n) is 3.29. The van der Waals surface area contributed by atoms with Crippen LogP contribution in [0.2, 0.25) is 0 Å². The first-order valence-corrected chi connectivity index (χ1v) is 7.75. The van der Waals surface area contributed by atoms with Gasteiger partial charge in [0.25, 0.3) is 5.91 Å². The van der Waals surface area contributed by atoms with Crippen LogP contribution in [-0.2, 0) is 0 Å². The van der Waals surface area contributed by atoms with Crippen molar-refractivity contribution in [1.29, 1.82) is 0 Å². The summed E-state index contributed by atoms with van der Waals surface area (Å²) in [6.45, 7) is 2.76. The molecule has 21 heavy (non-hydrogen) atoms. The Morgan fingerprint density at radius 3 is 2.86 bits per heavy atom. The van der Waals surface area contributed by atoms with Crippen molar-refractivity contribution in [2.24, 2.45) is 0 Å². The molecule has 112 valence electrons. The van der Waals surface area contributed by atoms with Crippen molar-refractivity contribution >= 4 is 22.5 Å². The van der Waals surface area contributed by atoms with Crippen molar-refractivity contribution in [1.82, 2.24) is 15.1 Å². The summed E-state index contributed by atoms with van der Waals surface area (Å²) in [6.07, 6.45) is 5.91. The first-order valence-electron chi connectivity index (χ1n) is 7.75. The average molecular weight is 286 g/mol. The number of nitrogen functional groups attached to an aromatic ring is 1. The maximum Gasteiger partial charge on any atom is 0.275 e. The van der Waals surface area contributed by atoms with Crippen LogP contribution in [0.3, 0.4) is 0 Å². The number of aromatic nitrogens is 2. The topological polar surface area (TPSA) is 75.0 Å². The zero-order chi connectivity index (χ0) is 14.8. The Hall–Kier alpha value is -2.04. The van der Waals surface area contributed by atoms with Gasteiger partial charge >= 0.3 is 0 Å². The normalized spacial score (nSPS) is 16.2. The van der Waals surface area contributed by atoms with Crippen LogP contribution < -0.4 is 5.73 Å². The van der Waals surface area contributed by atoms with E-state index in [0.717, 1.165) is 30.3 Å². The molecule has 2 aromatic rings. The zero-order valence-corrected chi connectivity index (χ0v) is 12.4. The highest BCUT2D eigenvalue weighted by atomic mass is 16.2. The predicted molar refractivity (Wildman–Crippen MR) is 84.1 cm³/mol. The van der Waals surface area contributed by atoms with Crippen LogP contribution >= 0.6 is 0 Å². The van der Waals surface area contributed by atoms with E-state index < -0.39 is 0 Å². The lowest BCUT2D eigenvalue weighted by molar-refractivity contribution is 0.0644. The van der Waals surface area contributed by atoms with Gasteiger partial charge in [-0.25, -0.2) is 0 Å². The van der Waals surface area contributed by atoms with E-state index in [-0.39, 0.29) is 5.91 Å². The molecule has 1 fully saturated rings. The lowest BCUT2D eigenvalue weighted by Crippen LogP contribution is -2.41. The second-order valence-corrected chi connectivity index (χ2v) is 5.76. The van der Waals surface area contributed by atoms with Gasteiger partial charge in [0.1, 0.15) is 0 Å². The monoisotopic (exact) mass is 286 g/mol. The molecule has 1 amide bonds.